The summed E-state index contributed by atoms with van der Waals surface area (Å²) in [6, 6.07) is 0.404. The van der Waals surface area contributed by atoms with Gasteiger partial charge in [0.25, 0.3) is 0 Å². The van der Waals surface area contributed by atoms with Crippen molar-refractivity contribution in [1.29, 1.82) is 0 Å². The third-order valence-corrected chi connectivity index (χ3v) is 1.92. The molecule has 0 aromatic carbocycles. The van der Waals surface area contributed by atoms with E-state index in [1.54, 1.807) is 18.7 Å². The summed E-state index contributed by atoms with van der Waals surface area (Å²) in [6.07, 6.45) is 11.6. The molecule has 0 saturated heterocycles. The number of hydrogen-bond acceptors (Lipinski definition) is 2. The number of unbranched alkanes of at least 4 members (excludes halogenated alkanes) is 3. The van der Waals surface area contributed by atoms with Crippen molar-refractivity contribution in [2.75, 3.05) is 0 Å². The van der Waals surface area contributed by atoms with Crippen LogP contribution in [0.25, 0.3) is 0 Å². The maximum absolute atomic E-state index is 5.57. The highest BCUT2D eigenvalue weighted by Crippen LogP contribution is 2.03. The third kappa shape index (κ3) is 11.2. The molecule has 1 aromatic rings. The monoisotopic (exact) mass is 197 g/mol. The molecule has 0 fully saturated rings. The Morgan fingerprint density at radius 3 is 2.50 bits per heavy atom. The van der Waals surface area contributed by atoms with Crippen molar-refractivity contribution in [3.63, 3.8) is 0 Å². The second kappa shape index (κ2) is 10.3. The highest BCUT2D eigenvalue weighted by atomic mass is 14.8. The van der Waals surface area contributed by atoms with Crippen LogP contribution in [0.4, 0.5) is 0 Å². The Labute approximate surface area is 87.1 Å². The summed E-state index contributed by atoms with van der Waals surface area (Å²) in [5.74, 6) is 0. The van der Waals surface area contributed by atoms with E-state index in [9.17, 15) is 0 Å². The number of hydrogen-bond donors (Lipinski definition) is 2. The highest BCUT2D eigenvalue weighted by molar-refractivity contribution is 4.64. The first-order valence-corrected chi connectivity index (χ1v) is 5.45. The second-order valence-electron chi connectivity index (χ2n) is 3.59. The van der Waals surface area contributed by atoms with Gasteiger partial charge in [-0.15, -0.1) is 0 Å². The first kappa shape index (κ1) is 13.2. The molecular weight excluding hydrogens is 174 g/mol. The lowest BCUT2D eigenvalue weighted by Gasteiger charge is -2.02. The number of aromatic amines is 1. The molecule has 1 unspecified atom stereocenters. The first-order chi connectivity index (χ1) is 6.77. The van der Waals surface area contributed by atoms with Crippen molar-refractivity contribution in [3.05, 3.63) is 18.7 Å². The van der Waals surface area contributed by atoms with Gasteiger partial charge in [-0.3, -0.25) is 0 Å². The summed E-state index contributed by atoms with van der Waals surface area (Å²) in [4.78, 5) is 6.42. The zero-order chi connectivity index (χ0) is 10.6. The van der Waals surface area contributed by atoms with E-state index in [1.165, 1.54) is 32.1 Å². The molecule has 3 N–H and O–H groups in total. The minimum absolute atomic E-state index is 0.404. The lowest BCUT2D eigenvalue weighted by molar-refractivity contribution is 0.575. The average Bonchev–Trinajstić information content (AvgIpc) is 2.70. The van der Waals surface area contributed by atoms with E-state index in [4.69, 9.17) is 5.73 Å². The maximum Gasteiger partial charge on any atom is 0.0919 e. The molecule has 1 aromatic heterocycles. The summed E-state index contributed by atoms with van der Waals surface area (Å²) < 4.78 is 0. The summed E-state index contributed by atoms with van der Waals surface area (Å²) in [7, 11) is 0. The third-order valence-electron chi connectivity index (χ3n) is 1.92. The number of rotatable bonds is 5. The van der Waals surface area contributed by atoms with E-state index in [-0.39, 0.29) is 0 Å². The lowest BCUT2D eigenvalue weighted by atomic mass is 10.1. The predicted molar refractivity (Wildman–Crippen MR) is 61.0 cm³/mol. The molecule has 0 bridgehead atoms. The molecule has 82 valence electrons. The fourth-order valence-corrected chi connectivity index (χ4v) is 1.11. The summed E-state index contributed by atoms with van der Waals surface area (Å²) in [5.41, 5.74) is 5.57. The summed E-state index contributed by atoms with van der Waals surface area (Å²) >= 11 is 0. The fraction of sp³-hybridized carbons (Fsp3) is 0.727. The Kier molecular flexibility index (Phi) is 9.64. The lowest BCUT2D eigenvalue weighted by Crippen LogP contribution is -2.13. The van der Waals surface area contributed by atoms with E-state index in [1.807, 2.05) is 0 Å². The van der Waals surface area contributed by atoms with Gasteiger partial charge in [0.2, 0.25) is 0 Å². The van der Waals surface area contributed by atoms with Crippen LogP contribution < -0.4 is 5.73 Å². The molecule has 0 spiro atoms. The molecule has 0 aliphatic rings. The number of nitrogens with zero attached hydrogens (tertiary/aromatic N) is 1. The Morgan fingerprint density at radius 1 is 1.36 bits per heavy atom. The van der Waals surface area contributed by atoms with Gasteiger partial charge in [0.05, 0.1) is 6.33 Å². The number of H-pyrrole nitrogens is 1. The van der Waals surface area contributed by atoms with Gasteiger partial charge < -0.3 is 10.7 Å². The second-order valence-corrected chi connectivity index (χ2v) is 3.59. The quantitative estimate of drug-likeness (QED) is 0.713. The molecule has 1 heterocycles. The number of aromatic nitrogens is 2. The van der Waals surface area contributed by atoms with Crippen LogP contribution in [0.5, 0.6) is 0 Å². The zero-order valence-corrected chi connectivity index (χ0v) is 9.37. The van der Waals surface area contributed by atoms with Crippen molar-refractivity contribution >= 4 is 0 Å². The molecular formula is C11H23N3. The van der Waals surface area contributed by atoms with Crippen molar-refractivity contribution in [1.82, 2.24) is 9.97 Å². The van der Waals surface area contributed by atoms with Crippen LogP contribution in [0, 0.1) is 0 Å². The van der Waals surface area contributed by atoms with Crippen LogP contribution >= 0.6 is 0 Å². The Morgan fingerprint density at radius 2 is 2.14 bits per heavy atom. The largest absolute Gasteiger partial charge is 0.351 e. The van der Waals surface area contributed by atoms with Gasteiger partial charge in [-0.25, -0.2) is 4.98 Å². The smallest absolute Gasteiger partial charge is 0.0919 e. The van der Waals surface area contributed by atoms with Gasteiger partial charge in [-0.2, -0.15) is 0 Å². The number of nitrogens with one attached hydrogen (secondary N) is 1. The van der Waals surface area contributed by atoms with Crippen molar-refractivity contribution in [3.8, 4) is 0 Å². The van der Waals surface area contributed by atoms with E-state index < -0.39 is 0 Å². The van der Waals surface area contributed by atoms with Gasteiger partial charge >= 0.3 is 0 Å². The maximum atomic E-state index is 5.57. The standard InChI is InChI=1S/C8H19N.C3H4N2/c1-3-4-5-6-7-8(2)9;1-2-5-3-4-1/h8H,3-7,9H2,1-2H3;1-3H,(H,4,5). The molecule has 1 atom stereocenters. The van der Waals surface area contributed by atoms with E-state index in [0.717, 1.165) is 0 Å². The Balaban J connectivity index is 0.000000280. The van der Waals surface area contributed by atoms with Gasteiger partial charge in [0.1, 0.15) is 0 Å². The van der Waals surface area contributed by atoms with Crippen molar-refractivity contribution < 1.29 is 0 Å². The predicted octanol–water partition coefficient (Wildman–Crippen LogP) is 2.71. The van der Waals surface area contributed by atoms with E-state index >= 15 is 0 Å². The number of nitrogens with two attached hydrogens (primary N) is 1. The minimum atomic E-state index is 0.404. The van der Waals surface area contributed by atoms with Crippen LogP contribution in [0.1, 0.15) is 46.0 Å². The molecule has 0 aliphatic heterocycles. The highest BCUT2D eigenvalue weighted by Gasteiger charge is 1.91. The molecule has 0 saturated carbocycles. The van der Waals surface area contributed by atoms with Gasteiger partial charge in [0, 0.05) is 18.4 Å². The van der Waals surface area contributed by atoms with Crippen LogP contribution in [0.2, 0.25) is 0 Å². The van der Waals surface area contributed by atoms with Gasteiger partial charge in [-0.1, -0.05) is 32.6 Å². The Hall–Kier alpha value is -0.830. The summed E-state index contributed by atoms with van der Waals surface area (Å²) in [5, 5.41) is 0. The van der Waals surface area contributed by atoms with Crippen LogP contribution in [0.3, 0.4) is 0 Å². The van der Waals surface area contributed by atoms with Crippen molar-refractivity contribution in [2.24, 2.45) is 5.73 Å². The van der Waals surface area contributed by atoms with E-state index in [2.05, 4.69) is 23.8 Å². The average molecular weight is 197 g/mol. The van der Waals surface area contributed by atoms with Crippen LogP contribution in [0.15, 0.2) is 18.7 Å². The fourth-order valence-electron chi connectivity index (χ4n) is 1.11. The molecule has 0 radical (unpaired) electrons. The van der Waals surface area contributed by atoms with Crippen LogP contribution in [-0.2, 0) is 0 Å². The molecule has 0 amide bonds. The summed E-state index contributed by atoms with van der Waals surface area (Å²) in [6.45, 7) is 4.30. The first-order valence-electron chi connectivity index (χ1n) is 5.45. The minimum Gasteiger partial charge on any atom is -0.351 e. The number of imidazole rings is 1. The molecule has 3 heteroatoms. The molecule has 1 rings (SSSR count). The van der Waals surface area contributed by atoms with E-state index in [0.29, 0.717) is 6.04 Å². The molecule has 14 heavy (non-hydrogen) atoms. The van der Waals surface area contributed by atoms with Crippen molar-refractivity contribution in [2.45, 2.75) is 52.0 Å². The molecule has 3 nitrogen and oxygen atoms in total. The van der Waals surface area contributed by atoms with Crippen LogP contribution in [-0.4, -0.2) is 16.0 Å². The molecule has 0 aliphatic carbocycles. The topological polar surface area (TPSA) is 54.7 Å². The normalized spacial score (nSPS) is 11.6. The SMILES string of the molecule is CCCCCCC(C)N.c1c[nH]cn1. The Bertz CT molecular complexity index is 153. The van der Waals surface area contributed by atoms with Gasteiger partial charge in [-0.05, 0) is 13.3 Å². The zero-order valence-electron chi connectivity index (χ0n) is 9.37. The van der Waals surface area contributed by atoms with Gasteiger partial charge in [0.15, 0.2) is 0 Å².